The van der Waals surface area contributed by atoms with E-state index in [1.54, 1.807) is 0 Å². The number of carbonyl (C=O) groups is 1. The van der Waals surface area contributed by atoms with Crippen LogP contribution in [0, 0.1) is 0 Å². The Morgan fingerprint density at radius 3 is 2.44 bits per heavy atom. The van der Waals surface area contributed by atoms with Crippen LogP contribution < -0.4 is 15.5 Å². The minimum absolute atomic E-state index is 0.0512. The molecular weight excluding hydrogens is 312 g/mol. The van der Waals surface area contributed by atoms with E-state index in [2.05, 4.69) is 53.3 Å². The second-order valence-electron chi connectivity index (χ2n) is 7.71. The lowest BCUT2D eigenvalue weighted by atomic mass is 10.00. The minimum Gasteiger partial charge on any atom is -0.369 e. The summed E-state index contributed by atoms with van der Waals surface area (Å²) in [4.78, 5) is 17.4. The summed E-state index contributed by atoms with van der Waals surface area (Å²) in [5, 5.41) is 6.60. The van der Waals surface area contributed by atoms with Gasteiger partial charge in [-0.15, -0.1) is 0 Å². The van der Waals surface area contributed by atoms with Gasteiger partial charge in [-0.1, -0.05) is 0 Å². The van der Waals surface area contributed by atoms with Crippen molar-refractivity contribution < 1.29 is 4.79 Å². The van der Waals surface area contributed by atoms with Gasteiger partial charge in [-0.25, -0.2) is 0 Å². The highest BCUT2D eigenvalue weighted by Crippen LogP contribution is 2.18. The molecule has 1 aromatic rings. The number of rotatable bonds is 4. The molecule has 0 aliphatic carbocycles. The number of nitrogens with zero attached hydrogens (tertiary/aromatic N) is 2. The van der Waals surface area contributed by atoms with Gasteiger partial charge in [0, 0.05) is 55.6 Å². The zero-order valence-corrected chi connectivity index (χ0v) is 15.8. The lowest BCUT2D eigenvalue weighted by Gasteiger charge is -2.38. The second-order valence-corrected chi connectivity index (χ2v) is 7.71. The van der Waals surface area contributed by atoms with Crippen molar-refractivity contribution in [3.05, 3.63) is 29.8 Å². The molecule has 0 aromatic heterocycles. The monoisotopic (exact) mass is 344 g/mol. The fourth-order valence-corrected chi connectivity index (χ4v) is 3.85. The Balaban J connectivity index is 1.54. The van der Waals surface area contributed by atoms with Gasteiger partial charge in [-0.05, 0) is 64.4 Å². The molecule has 0 bridgehead atoms. The lowest BCUT2D eigenvalue weighted by Crippen LogP contribution is -2.48. The lowest BCUT2D eigenvalue weighted by molar-refractivity contribution is 0.0925. The van der Waals surface area contributed by atoms with Gasteiger partial charge in [0.1, 0.15) is 0 Å². The third-order valence-corrected chi connectivity index (χ3v) is 5.50. The second kappa shape index (κ2) is 8.19. The number of piperidine rings is 1. The Morgan fingerprint density at radius 2 is 1.84 bits per heavy atom. The van der Waals surface area contributed by atoms with Gasteiger partial charge in [-0.2, -0.15) is 0 Å². The van der Waals surface area contributed by atoms with Crippen LogP contribution in [-0.2, 0) is 0 Å². The van der Waals surface area contributed by atoms with Gasteiger partial charge in [-0.3, -0.25) is 9.69 Å². The summed E-state index contributed by atoms with van der Waals surface area (Å²) in [6.07, 6.45) is 2.01. The predicted octanol–water partition coefficient (Wildman–Crippen LogP) is 2.09. The highest BCUT2D eigenvalue weighted by atomic mass is 16.1. The molecule has 0 spiro atoms. The molecule has 1 amide bonds. The number of carbonyl (C=O) groups excluding carboxylic acids is 1. The van der Waals surface area contributed by atoms with E-state index in [1.165, 1.54) is 5.69 Å². The van der Waals surface area contributed by atoms with Crippen molar-refractivity contribution >= 4 is 11.6 Å². The fraction of sp³-hybridized carbons (Fsp3) is 0.650. The molecule has 1 aromatic carbocycles. The first-order valence-electron chi connectivity index (χ1n) is 9.66. The third-order valence-electron chi connectivity index (χ3n) is 5.50. The van der Waals surface area contributed by atoms with Crippen molar-refractivity contribution in [1.82, 2.24) is 15.5 Å². The normalized spacial score (nSPS) is 25.2. The molecule has 25 heavy (non-hydrogen) atoms. The number of anilines is 1. The summed E-state index contributed by atoms with van der Waals surface area (Å²) in [5.41, 5.74) is 1.98. The van der Waals surface area contributed by atoms with Gasteiger partial charge < -0.3 is 15.5 Å². The van der Waals surface area contributed by atoms with Crippen LogP contribution in [0.3, 0.4) is 0 Å². The first kappa shape index (κ1) is 18.2. The Bertz CT molecular complexity index is 564. The first-order valence-corrected chi connectivity index (χ1v) is 9.66. The molecule has 2 fully saturated rings. The van der Waals surface area contributed by atoms with Crippen molar-refractivity contribution in [2.24, 2.45) is 0 Å². The van der Waals surface area contributed by atoms with Crippen LogP contribution in [0.5, 0.6) is 0 Å². The molecule has 138 valence electrons. The predicted molar refractivity (Wildman–Crippen MR) is 103 cm³/mol. The summed E-state index contributed by atoms with van der Waals surface area (Å²) in [6, 6.07) is 9.48. The fourth-order valence-electron chi connectivity index (χ4n) is 3.85. The molecule has 2 N–H and O–H groups in total. The van der Waals surface area contributed by atoms with Crippen molar-refractivity contribution in [3.63, 3.8) is 0 Å². The Labute approximate surface area is 151 Å². The van der Waals surface area contributed by atoms with Gasteiger partial charge in [0.2, 0.25) is 0 Å². The van der Waals surface area contributed by atoms with Gasteiger partial charge in [0.05, 0.1) is 0 Å². The maximum atomic E-state index is 12.5. The summed E-state index contributed by atoms with van der Waals surface area (Å²) in [7, 11) is 0. The molecule has 2 unspecified atom stereocenters. The standard InChI is InChI=1S/C20H32N4O/c1-15(2)23-10-12-24(13-11-23)19-6-4-17(5-7-19)20(25)22-18-8-9-21-16(3)14-18/h4-7,15-16,18,21H,8-14H2,1-3H3,(H,22,25). The molecule has 3 rings (SSSR count). The van der Waals surface area contributed by atoms with Crippen molar-refractivity contribution in [1.29, 1.82) is 0 Å². The van der Waals surface area contributed by atoms with Crippen molar-refractivity contribution in [3.8, 4) is 0 Å². The summed E-state index contributed by atoms with van der Waals surface area (Å²) in [5.74, 6) is 0.0512. The number of benzene rings is 1. The zero-order valence-electron chi connectivity index (χ0n) is 15.8. The number of piperazine rings is 1. The summed E-state index contributed by atoms with van der Waals surface area (Å²) in [6.45, 7) is 12.0. The van der Waals surface area contributed by atoms with Crippen LogP contribution in [0.1, 0.15) is 44.0 Å². The molecule has 2 aliphatic heterocycles. The molecule has 2 atom stereocenters. The van der Waals surface area contributed by atoms with Crippen LogP contribution in [0.4, 0.5) is 5.69 Å². The van der Waals surface area contributed by atoms with Crippen LogP contribution in [-0.4, -0.2) is 61.7 Å². The number of nitrogens with one attached hydrogen (secondary N) is 2. The van der Waals surface area contributed by atoms with E-state index in [1.807, 2.05) is 12.1 Å². The Kier molecular flexibility index (Phi) is 5.97. The third kappa shape index (κ3) is 4.73. The molecule has 5 heteroatoms. The van der Waals surface area contributed by atoms with Crippen LogP contribution in [0.25, 0.3) is 0 Å². The van der Waals surface area contributed by atoms with E-state index in [0.29, 0.717) is 12.1 Å². The van der Waals surface area contributed by atoms with E-state index in [9.17, 15) is 4.79 Å². The number of hydrogen-bond donors (Lipinski definition) is 2. The van der Waals surface area contributed by atoms with E-state index >= 15 is 0 Å². The van der Waals surface area contributed by atoms with Gasteiger partial charge >= 0.3 is 0 Å². The molecule has 0 saturated carbocycles. The van der Waals surface area contributed by atoms with Crippen molar-refractivity contribution in [2.45, 2.75) is 51.7 Å². The average molecular weight is 345 g/mol. The molecule has 5 nitrogen and oxygen atoms in total. The van der Waals surface area contributed by atoms with Gasteiger partial charge in [0.15, 0.2) is 0 Å². The summed E-state index contributed by atoms with van der Waals surface area (Å²) >= 11 is 0. The highest BCUT2D eigenvalue weighted by molar-refractivity contribution is 5.94. The molecular formula is C20H32N4O. The van der Waals surface area contributed by atoms with E-state index in [4.69, 9.17) is 0 Å². The van der Waals surface area contributed by atoms with Crippen molar-refractivity contribution in [2.75, 3.05) is 37.6 Å². The van der Waals surface area contributed by atoms with Crippen LogP contribution in [0.2, 0.25) is 0 Å². The van der Waals surface area contributed by atoms with E-state index < -0.39 is 0 Å². The highest BCUT2D eigenvalue weighted by Gasteiger charge is 2.21. The molecule has 2 heterocycles. The maximum Gasteiger partial charge on any atom is 0.251 e. The van der Waals surface area contributed by atoms with Gasteiger partial charge in [0.25, 0.3) is 5.91 Å². The quantitative estimate of drug-likeness (QED) is 0.878. The molecule has 2 aliphatic rings. The first-order chi connectivity index (χ1) is 12.0. The minimum atomic E-state index is 0.0512. The molecule has 0 radical (unpaired) electrons. The largest absolute Gasteiger partial charge is 0.369 e. The number of amides is 1. The Hall–Kier alpha value is -1.59. The Morgan fingerprint density at radius 1 is 1.16 bits per heavy atom. The summed E-state index contributed by atoms with van der Waals surface area (Å²) < 4.78 is 0. The zero-order chi connectivity index (χ0) is 17.8. The maximum absolute atomic E-state index is 12.5. The molecule has 2 saturated heterocycles. The van der Waals surface area contributed by atoms with Crippen LogP contribution in [0.15, 0.2) is 24.3 Å². The van der Waals surface area contributed by atoms with E-state index in [-0.39, 0.29) is 11.9 Å². The topological polar surface area (TPSA) is 47.6 Å². The number of hydrogen-bond acceptors (Lipinski definition) is 4. The van der Waals surface area contributed by atoms with E-state index in [0.717, 1.165) is 51.1 Å². The van der Waals surface area contributed by atoms with Crippen LogP contribution >= 0.6 is 0 Å². The average Bonchev–Trinajstić information content (AvgIpc) is 2.62. The SMILES string of the molecule is CC1CC(NC(=O)c2ccc(N3CCN(C(C)C)CC3)cc2)CCN1. The smallest absolute Gasteiger partial charge is 0.251 e.